The number of aromatic nitrogens is 2. The van der Waals surface area contributed by atoms with E-state index < -0.39 is 16.7 Å². The van der Waals surface area contributed by atoms with Crippen LogP contribution in [0.4, 0.5) is 5.69 Å². The predicted octanol–water partition coefficient (Wildman–Crippen LogP) is 2.85. The lowest BCUT2D eigenvalue weighted by Crippen LogP contribution is -2.42. The van der Waals surface area contributed by atoms with Gasteiger partial charge in [0.2, 0.25) is 11.8 Å². The second kappa shape index (κ2) is 9.17. The molecule has 2 amide bonds. The van der Waals surface area contributed by atoms with E-state index in [1.54, 1.807) is 24.3 Å². The lowest BCUT2D eigenvalue weighted by Gasteiger charge is -2.06. The lowest BCUT2D eigenvalue weighted by molar-refractivity contribution is -0.384. The summed E-state index contributed by atoms with van der Waals surface area (Å²) in [4.78, 5) is 34.0. The van der Waals surface area contributed by atoms with Crippen molar-refractivity contribution in [2.45, 2.75) is 5.22 Å². The molecular weight excluding hydrogens is 422 g/mol. The average molecular weight is 434 g/mol. The number of amides is 2. The fourth-order valence-electron chi connectivity index (χ4n) is 2.10. The normalized spacial score (nSPS) is 10.4. The molecule has 0 aliphatic rings. The first-order chi connectivity index (χ1) is 13.9. The average Bonchev–Trinajstić information content (AvgIpc) is 3.20. The van der Waals surface area contributed by atoms with E-state index in [9.17, 15) is 19.7 Å². The Morgan fingerprint density at radius 1 is 1.14 bits per heavy atom. The number of nitro groups is 1. The van der Waals surface area contributed by atoms with Gasteiger partial charge in [-0.2, -0.15) is 0 Å². The molecule has 0 saturated carbocycles. The number of benzene rings is 2. The molecule has 2 aromatic carbocycles. The van der Waals surface area contributed by atoms with Crippen molar-refractivity contribution >= 4 is 40.9 Å². The highest BCUT2D eigenvalue weighted by molar-refractivity contribution is 7.99. The summed E-state index contributed by atoms with van der Waals surface area (Å²) >= 11 is 6.81. The molecule has 0 aliphatic heterocycles. The van der Waals surface area contributed by atoms with Gasteiger partial charge in [-0.3, -0.25) is 30.6 Å². The smallest absolute Gasteiger partial charge is 0.277 e. The number of non-ortho nitro benzene ring substituents is 1. The number of thioether (sulfide) groups is 1. The second-order valence-electron chi connectivity index (χ2n) is 5.48. The number of hydrazine groups is 1. The molecule has 29 heavy (non-hydrogen) atoms. The van der Waals surface area contributed by atoms with Crippen LogP contribution in [0.3, 0.4) is 0 Å². The fourth-order valence-corrected chi connectivity index (χ4v) is 2.79. The summed E-state index contributed by atoms with van der Waals surface area (Å²) in [5.74, 6) is -1.03. The number of nitrogens with one attached hydrogen (secondary N) is 2. The van der Waals surface area contributed by atoms with E-state index in [4.69, 9.17) is 16.0 Å². The van der Waals surface area contributed by atoms with Crippen molar-refractivity contribution in [1.82, 2.24) is 21.0 Å². The molecule has 0 unspecified atom stereocenters. The third-order valence-electron chi connectivity index (χ3n) is 3.46. The van der Waals surface area contributed by atoms with Gasteiger partial charge in [-0.05, 0) is 30.3 Å². The number of hydrogen-bond acceptors (Lipinski definition) is 8. The zero-order valence-electron chi connectivity index (χ0n) is 14.5. The molecule has 0 aliphatic carbocycles. The van der Waals surface area contributed by atoms with Crippen LogP contribution in [0.15, 0.2) is 58.2 Å². The molecule has 0 saturated heterocycles. The van der Waals surface area contributed by atoms with E-state index >= 15 is 0 Å². The SMILES string of the molecule is O=C(CSc1nnc(-c2ccc(Cl)cc2)o1)NNC(=O)c1cccc([N+](=O)[O-])c1. The van der Waals surface area contributed by atoms with Crippen LogP contribution in [0.5, 0.6) is 0 Å². The summed E-state index contributed by atoms with van der Waals surface area (Å²) in [6.07, 6.45) is 0. The van der Waals surface area contributed by atoms with E-state index in [1.165, 1.54) is 18.2 Å². The standard InChI is InChI=1S/C17H12ClN5O5S/c18-12-6-4-10(5-7-12)16-21-22-17(28-16)29-9-14(24)19-20-15(25)11-2-1-3-13(8-11)23(26)27/h1-8H,9H2,(H,19,24)(H,20,25). The Balaban J connectivity index is 1.49. The third kappa shape index (κ3) is 5.53. The summed E-state index contributed by atoms with van der Waals surface area (Å²) in [7, 11) is 0. The maximum Gasteiger partial charge on any atom is 0.277 e. The van der Waals surface area contributed by atoms with Crippen molar-refractivity contribution in [2.24, 2.45) is 0 Å². The number of halogens is 1. The van der Waals surface area contributed by atoms with Crippen molar-refractivity contribution in [3.8, 4) is 11.5 Å². The first-order valence-corrected chi connectivity index (χ1v) is 9.34. The van der Waals surface area contributed by atoms with Crippen LogP contribution < -0.4 is 10.9 Å². The molecule has 10 nitrogen and oxygen atoms in total. The molecular formula is C17H12ClN5O5S. The molecule has 0 radical (unpaired) electrons. The Morgan fingerprint density at radius 2 is 1.90 bits per heavy atom. The van der Waals surface area contributed by atoms with Crippen LogP contribution in [0.1, 0.15) is 10.4 Å². The highest BCUT2D eigenvalue weighted by Gasteiger charge is 2.14. The molecule has 0 spiro atoms. The fraction of sp³-hybridized carbons (Fsp3) is 0.0588. The topological polar surface area (TPSA) is 140 Å². The minimum atomic E-state index is -0.685. The largest absolute Gasteiger partial charge is 0.411 e. The van der Waals surface area contributed by atoms with Crippen molar-refractivity contribution in [3.63, 3.8) is 0 Å². The molecule has 3 aromatic rings. The number of carbonyl (C=O) groups is 2. The summed E-state index contributed by atoms with van der Waals surface area (Å²) in [6.45, 7) is 0. The summed E-state index contributed by atoms with van der Waals surface area (Å²) in [5, 5.41) is 19.2. The highest BCUT2D eigenvalue weighted by atomic mass is 35.5. The molecule has 0 atom stereocenters. The molecule has 2 N–H and O–H groups in total. The summed E-state index contributed by atoms with van der Waals surface area (Å²) in [5.41, 5.74) is 4.89. The highest BCUT2D eigenvalue weighted by Crippen LogP contribution is 2.24. The minimum absolute atomic E-state index is 0.0386. The van der Waals surface area contributed by atoms with Gasteiger partial charge in [0.05, 0.1) is 10.7 Å². The third-order valence-corrected chi connectivity index (χ3v) is 4.53. The number of nitro benzene ring substituents is 1. The monoisotopic (exact) mass is 433 g/mol. The van der Waals surface area contributed by atoms with Gasteiger partial charge < -0.3 is 4.42 Å². The Labute approximate surface area is 172 Å². The molecule has 0 bridgehead atoms. The Hall–Kier alpha value is -3.44. The maximum absolute atomic E-state index is 12.0. The van der Waals surface area contributed by atoms with E-state index in [0.29, 0.717) is 10.6 Å². The van der Waals surface area contributed by atoms with Gasteiger partial charge in [0.1, 0.15) is 0 Å². The number of rotatable bonds is 6. The summed E-state index contributed by atoms with van der Waals surface area (Å²) in [6, 6.07) is 11.9. The number of nitrogens with zero attached hydrogens (tertiary/aromatic N) is 3. The molecule has 0 fully saturated rings. The molecule has 148 valence electrons. The van der Waals surface area contributed by atoms with Crippen LogP contribution in [-0.4, -0.2) is 32.7 Å². The zero-order chi connectivity index (χ0) is 20.8. The number of hydrogen-bond donors (Lipinski definition) is 2. The molecule has 3 rings (SSSR count). The van der Waals surface area contributed by atoms with Crippen molar-refractivity contribution in [3.05, 3.63) is 69.2 Å². The van der Waals surface area contributed by atoms with Gasteiger partial charge in [0.15, 0.2) is 0 Å². The maximum atomic E-state index is 12.0. The van der Waals surface area contributed by atoms with Crippen LogP contribution >= 0.6 is 23.4 Å². The van der Waals surface area contributed by atoms with Gasteiger partial charge in [-0.15, -0.1) is 10.2 Å². The van der Waals surface area contributed by atoms with Crippen LogP contribution in [0.2, 0.25) is 5.02 Å². The van der Waals surface area contributed by atoms with Gasteiger partial charge in [-0.1, -0.05) is 29.4 Å². The van der Waals surface area contributed by atoms with Gasteiger partial charge in [0, 0.05) is 28.3 Å². The van der Waals surface area contributed by atoms with Crippen molar-refractivity contribution in [2.75, 3.05) is 5.75 Å². The minimum Gasteiger partial charge on any atom is -0.411 e. The zero-order valence-corrected chi connectivity index (χ0v) is 16.1. The van der Waals surface area contributed by atoms with Crippen LogP contribution in [-0.2, 0) is 4.79 Å². The van der Waals surface area contributed by atoms with E-state index in [2.05, 4.69) is 21.0 Å². The predicted molar refractivity (Wildman–Crippen MR) is 104 cm³/mol. The second-order valence-corrected chi connectivity index (χ2v) is 6.84. The van der Waals surface area contributed by atoms with Crippen molar-refractivity contribution in [1.29, 1.82) is 0 Å². The Bertz CT molecular complexity index is 1060. The van der Waals surface area contributed by atoms with Gasteiger partial charge >= 0.3 is 0 Å². The number of carbonyl (C=O) groups excluding carboxylic acids is 2. The van der Waals surface area contributed by atoms with Crippen LogP contribution in [0.25, 0.3) is 11.5 Å². The molecule has 1 aromatic heterocycles. The Kier molecular flexibility index (Phi) is 6.42. The molecule has 1 heterocycles. The first kappa shape index (κ1) is 20.3. The quantitative estimate of drug-likeness (QED) is 0.343. The Morgan fingerprint density at radius 3 is 2.62 bits per heavy atom. The lowest BCUT2D eigenvalue weighted by atomic mass is 10.2. The molecule has 12 heteroatoms. The first-order valence-electron chi connectivity index (χ1n) is 7.98. The summed E-state index contributed by atoms with van der Waals surface area (Å²) < 4.78 is 5.46. The van der Waals surface area contributed by atoms with E-state index in [0.717, 1.165) is 17.8 Å². The van der Waals surface area contributed by atoms with E-state index in [1.807, 2.05) is 0 Å². The van der Waals surface area contributed by atoms with E-state index in [-0.39, 0.29) is 28.1 Å². The van der Waals surface area contributed by atoms with Crippen LogP contribution in [0, 0.1) is 10.1 Å². The van der Waals surface area contributed by atoms with Gasteiger partial charge in [-0.25, -0.2) is 0 Å². The van der Waals surface area contributed by atoms with Crippen molar-refractivity contribution < 1.29 is 18.9 Å². The van der Waals surface area contributed by atoms with Gasteiger partial charge in [0.25, 0.3) is 16.8 Å².